The summed E-state index contributed by atoms with van der Waals surface area (Å²) < 4.78 is 17.9. The van der Waals surface area contributed by atoms with E-state index in [9.17, 15) is 4.79 Å². The first-order chi connectivity index (χ1) is 14.9. The molecule has 1 amide bonds. The number of nitrogens with zero attached hydrogens (tertiary/aromatic N) is 1. The fourth-order valence-electron chi connectivity index (χ4n) is 3.26. The monoisotopic (exact) mass is 457 g/mol. The summed E-state index contributed by atoms with van der Waals surface area (Å²) in [6.07, 6.45) is 2.58. The Kier molecular flexibility index (Phi) is 7.98. The lowest BCUT2D eigenvalue weighted by Gasteiger charge is -2.13. The minimum Gasteiger partial charge on any atom is -0.493 e. The van der Waals surface area contributed by atoms with Crippen LogP contribution < -0.4 is 14.2 Å². The van der Waals surface area contributed by atoms with Crippen molar-refractivity contribution < 1.29 is 19.0 Å². The number of rotatable bonds is 9. The molecule has 31 heavy (non-hydrogen) atoms. The van der Waals surface area contributed by atoms with Gasteiger partial charge in [0.25, 0.3) is 5.91 Å². The number of thioether (sulfide) groups is 1. The van der Waals surface area contributed by atoms with E-state index in [1.54, 1.807) is 12.0 Å². The zero-order valence-electron chi connectivity index (χ0n) is 18.3. The average molecular weight is 458 g/mol. The molecule has 1 heterocycles. The van der Waals surface area contributed by atoms with Gasteiger partial charge in [0.05, 0.1) is 25.2 Å². The number of benzene rings is 2. The zero-order chi connectivity index (χ0) is 22.4. The number of likely N-dealkylation sites (N-methyl/N-ethyl adjacent to an activating group) is 1. The molecule has 0 bridgehead atoms. The molecule has 0 aromatic heterocycles. The summed E-state index contributed by atoms with van der Waals surface area (Å²) in [5.41, 5.74) is 3.13. The SMILES string of the molecule is CCN1C(=O)C(=Cc2ccc(OCCCOc3c(C)cccc3C)c(OC)c2)SC1=S. The largest absolute Gasteiger partial charge is 0.493 e. The molecule has 2 aromatic carbocycles. The van der Waals surface area contributed by atoms with Crippen molar-refractivity contribution in [2.45, 2.75) is 27.2 Å². The highest BCUT2D eigenvalue weighted by molar-refractivity contribution is 8.26. The van der Waals surface area contributed by atoms with Crippen molar-refractivity contribution in [3.05, 3.63) is 58.0 Å². The van der Waals surface area contributed by atoms with Gasteiger partial charge in [-0.15, -0.1) is 0 Å². The van der Waals surface area contributed by atoms with E-state index in [-0.39, 0.29) is 5.91 Å². The van der Waals surface area contributed by atoms with Gasteiger partial charge in [0.2, 0.25) is 0 Å². The number of aryl methyl sites for hydroxylation is 2. The van der Waals surface area contributed by atoms with Crippen molar-refractivity contribution in [1.82, 2.24) is 4.90 Å². The van der Waals surface area contributed by atoms with Gasteiger partial charge in [-0.2, -0.15) is 0 Å². The smallest absolute Gasteiger partial charge is 0.266 e. The molecule has 164 valence electrons. The van der Waals surface area contributed by atoms with Crippen LogP contribution in [0.25, 0.3) is 6.08 Å². The Morgan fingerprint density at radius 2 is 1.77 bits per heavy atom. The van der Waals surface area contributed by atoms with E-state index in [1.165, 1.54) is 11.8 Å². The maximum atomic E-state index is 12.4. The van der Waals surface area contributed by atoms with Gasteiger partial charge in [-0.05, 0) is 55.7 Å². The standard InChI is InChI=1S/C24H27NO4S2/c1-5-25-23(26)21(31-24(25)30)15-18-10-11-19(20(14-18)27-4)28-12-7-13-29-22-16(2)8-6-9-17(22)3/h6,8-11,14-15H,5,7,12-13H2,1-4H3. The second-order valence-corrected chi connectivity index (χ2v) is 8.78. The minimum atomic E-state index is -0.0549. The summed E-state index contributed by atoms with van der Waals surface area (Å²) >= 11 is 6.59. The third-order valence-corrected chi connectivity index (χ3v) is 6.25. The molecule has 1 fully saturated rings. The van der Waals surface area contributed by atoms with Crippen LogP contribution in [0.5, 0.6) is 17.2 Å². The third-order valence-electron chi connectivity index (χ3n) is 4.88. The summed E-state index contributed by atoms with van der Waals surface area (Å²) in [7, 11) is 1.60. The van der Waals surface area contributed by atoms with Crippen LogP contribution in [0.15, 0.2) is 41.3 Å². The van der Waals surface area contributed by atoms with Crippen molar-refractivity contribution in [3.63, 3.8) is 0 Å². The highest BCUT2D eigenvalue weighted by Crippen LogP contribution is 2.34. The van der Waals surface area contributed by atoms with Gasteiger partial charge in [-0.1, -0.05) is 48.2 Å². The Hall–Kier alpha value is -2.51. The van der Waals surface area contributed by atoms with Gasteiger partial charge >= 0.3 is 0 Å². The highest BCUT2D eigenvalue weighted by atomic mass is 32.2. The van der Waals surface area contributed by atoms with Crippen LogP contribution in [0.3, 0.4) is 0 Å². The van der Waals surface area contributed by atoms with Crippen LogP contribution in [-0.2, 0) is 4.79 Å². The van der Waals surface area contributed by atoms with Gasteiger partial charge in [0.15, 0.2) is 11.5 Å². The van der Waals surface area contributed by atoms with Gasteiger partial charge in [0.1, 0.15) is 10.1 Å². The molecule has 1 aliphatic rings. The van der Waals surface area contributed by atoms with Crippen molar-refractivity contribution in [3.8, 4) is 17.2 Å². The van der Waals surface area contributed by atoms with Gasteiger partial charge < -0.3 is 14.2 Å². The molecule has 0 aliphatic carbocycles. The molecule has 0 spiro atoms. The van der Waals surface area contributed by atoms with Gasteiger partial charge in [0, 0.05) is 13.0 Å². The minimum absolute atomic E-state index is 0.0549. The van der Waals surface area contributed by atoms with E-state index in [1.807, 2.05) is 63.2 Å². The zero-order valence-corrected chi connectivity index (χ0v) is 19.9. The summed E-state index contributed by atoms with van der Waals surface area (Å²) in [6.45, 7) is 7.67. The van der Waals surface area contributed by atoms with Crippen molar-refractivity contribution in [2.24, 2.45) is 0 Å². The van der Waals surface area contributed by atoms with Crippen molar-refractivity contribution in [2.75, 3.05) is 26.9 Å². The second-order valence-electron chi connectivity index (χ2n) is 7.11. The molecule has 7 heteroatoms. The lowest BCUT2D eigenvalue weighted by Crippen LogP contribution is -2.27. The molecule has 1 saturated heterocycles. The molecule has 1 aliphatic heterocycles. The molecule has 0 radical (unpaired) electrons. The maximum absolute atomic E-state index is 12.4. The Morgan fingerprint density at radius 1 is 1.06 bits per heavy atom. The molecule has 0 unspecified atom stereocenters. The number of methoxy groups -OCH3 is 1. The number of carbonyl (C=O) groups is 1. The first kappa shape index (κ1) is 23.2. The summed E-state index contributed by atoms with van der Waals surface area (Å²) in [4.78, 5) is 14.6. The van der Waals surface area contributed by atoms with Crippen molar-refractivity contribution in [1.29, 1.82) is 0 Å². The molecular weight excluding hydrogens is 430 g/mol. The number of ether oxygens (including phenoxy) is 3. The number of amides is 1. The second kappa shape index (κ2) is 10.7. The predicted octanol–water partition coefficient (Wildman–Crippen LogP) is 5.38. The molecule has 0 N–H and O–H groups in total. The van der Waals surface area contributed by atoms with Crippen LogP contribution in [0.2, 0.25) is 0 Å². The number of thiocarbonyl (C=S) groups is 1. The highest BCUT2D eigenvalue weighted by Gasteiger charge is 2.30. The molecule has 5 nitrogen and oxygen atoms in total. The third kappa shape index (κ3) is 5.60. The topological polar surface area (TPSA) is 48.0 Å². The number of carbonyl (C=O) groups excluding carboxylic acids is 1. The Balaban J connectivity index is 1.57. The molecule has 0 atom stereocenters. The first-order valence-corrected chi connectivity index (χ1v) is 11.4. The van der Waals surface area contributed by atoms with Crippen molar-refractivity contribution >= 4 is 40.3 Å². The number of para-hydroxylation sites is 1. The van der Waals surface area contributed by atoms with E-state index in [4.69, 9.17) is 26.4 Å². The van der Waals surface area contributed by atoms with Crippen LogP contribution in [-0.4, -0.2) is 42.0 Å². The number of hydrogen-bond acceptors (Lipinski definition) is 6. The van der Waals surface area contributed by atoms with E-state index in [0.29, 0.717) is 40.5 Å². The average Bonchev–Trinajstić information content (AvgIpc) is 3.02. The molecule has 3 rings (SSSR count). The summed E-state index contributed by atoms with van der Waals surface area (Å²) in [5.74, 6) is 2.17. The van der Waals surface area contributed by atoms with Crippen LogP contribution >= 0.6 is 24.0 Å². The van der Waals surface area contributed by atoms with Crippen LogP contribution in [0.1, 0.15) is 30.0 Å². The van der Waals surface area contributed by atoms with Gasteiger partial charge in [-0.3, -0.25) is 9.69 Å². The summed E-state index contributed by atoms with van der Waals surface area (Å²) in [6, 6.07) is 11.8. The Morgan fingerprint density at radius 3 is 2.42 bits per heavy atom. The fourth-order valence-corrected chi connectivity index (χ4v) is 4.64. The van der Waals surface area contributed by atoms with E-state index >= 15 is 0 Å². The maximum Gasteiger partial charge on any atom is 0.266 e. The fraction of sp³-hybridized carbons (Fsp3) is 0.333. The molecular formula is C24H27NO4S2. The molecule has 2 aromatic rings. The number of hydrogen-bond donors (Lipinski definition) is 0. The first-order valence-electron chi connectivity index (χ1n) is 10.2. The Bertz CT molecular complexity index is 983. The molecule has 0 saturated carbocycles. The Labute approximate surface area is 193 Å². The lowest BCUT2D eigenvalue weighted by molar-refractivity contribution is -0.121. The normalized spacial score (nSPS) is 15.0. The van der Waals surface area contributed by atoms with Gasteiger partial charge in [-0.25, -0.2) is 0 Å². The quantitative estimate of drug-likeness (QED) is 0.286. The van der Waals surface area contributed by atoms with E-state index < -0.39 is 0 Å². The van der Waals surface area contributed by atoms with E-state index in [2.05, 4.69) is 0 Å². The predicted molar refractivity (Wildman–Crippen MR) is 130 cm³/mol. The lowest BCUT2D eigenvalue weighted by atomic mass is 10.1. The summed E-state index contributed by atoms with van der Waals surface area (Å²) in [5, 5.41) is 0. The van der Waals surface area contributed by atoms with Crippen LogP contribution in [0, 0.1) is 13.8 Å². The van der Waals surface area contributed by atoms with Crippen LogP contribution in [0.4, 0.5) is 0 Å². The van der Waals surface area contributed by atoms with E-state index in [0.717, 1.165) is 28.9 Å².